The van der Waals surface area contributed by atoms with E-state index in [1.54, 1.807) is 12.1 Å². The fraction of sp³-hybridized carbons (Fsp3) is 0.350. The van der Waals surface area contributed by atoms with Crippen molar-refractivity contribution in [3.8, 4) is 11.5 Å². The summed E-state index contributed by atoms with van der Waals surface area (Å²) in [4.78, 5) is 12.2. The molecular weight excluding hydrogens is 288 g/mol. The molecule has 0 saturated carbocycles. The first kappa shape index (κ1) is 17.1. The third-order valence-corrected chi connectivity index (χ3v) is 3.86. The van der Waals surface area contributed by atoms with Gasteiger partial charge in [0.15, 0.2) is 0 Å². The maximum absolute atomic E-state index is 12.2. The molecule has 3 heteroatoms. The average Bonchev–Trinajstić information content (AvgIpc) is 2.56. The molecule has 0 N–H and O–H groups in total. The molecule has 122 valence electrons. The Kier molecular flexibility index (Phi) is 6.21. The summed E-state index contributed by atoms with van der Waals surface area (Å²) in [5, 5.41) is 0. The first-order valence-electron chi connectivity index (χ1n) is 8.13. The molecule has 0 heterocycles. The van der Waals surface area contributed by atoms with Gasteiger partial charge in [0.1, 0.15) is 11.5 Å². The van der Waals surface area contributed by atoms with Gasteiger partial charge in [-0.25, -0.2) is 4.79 Å². The fourth-order valence-corrected chi connectivity index (χ4v) is 2.22. The number of benzene rings is 2. The van der Waals surface area contributed by atoms with E-state index in [1.807, 2.05) is 44.2 Å². The first-order valence-corrected chi connectivity index (χ1v) is 8.13. The Labute approximate surface area is 138 Å². The van der Waals surface area contributed by atoms with Crippen molar-refractivity contribution in [1.82, 2.24) is 0 Å². The van der Waals surface area contributed by atoms with Crippen LogP contribution in [-0.4, -0.2) is 12.6 Å². The molecule has 3 nitrogen and oxygen atoms in total. The molecule has 0 atom stereocenters. The van der Waals surface area contributed by atoms with Gasteiger partial charge in [0.05, 0.1) is 12.2 Å². The Balaban J connectivity index is 1.96. The van der Waals surface area contributed by atoms with Crippen molar-refractivity contribution in [2.45, 2.75) is 40.0 Å². The summed E-state index contributed by atoms with van der Waals surface area (Å²) in [7, 11) is 0. The molecule has 0 aliphatic heterocycles. The van der Waals surface area contributed by atoms with Crippen molar-refractivity contribution in [3.63, 3.8) is 0 Å². The van der Waals surface area contributed by atoms with E-state index >= 15 is 0 Å². The lowest BCUT2D eigenvalue weighted by molar-refractivity contribution is 0.0733. The van der Waals surface area contributed by atoms with Gasteiger partial charge < -0.3 is 9.47 Å². The molecule has 0 aromatic heterocycles. The molecule has 2 rings (SSSR count). The lowest BCUT2D eigenvalue weighted by atomic mass is 10.1. The minimum absolute atomic E-state index is 0.351. The summed E-state index contributed by atoms with van der Waals surface area (Å²) in [5.74, 6) is 1.04. The standard InChI is InChI=1S/C20H24O3/c1-4-5-6-14-22-18-12-10-17(11-13-18)20(21)23-19-9-7-8-15(2)16(19)3/h7-13H,4-6,14H2,1-3H3. The number of hydrogen-bond donors (Lipinski definition) is 0. The number of unbranched alkanes of at least 4 members (excludes halogenated alkanes) is 2. The number of hydrogen-bond acceptors (Lipinski definition) is 3. The second-order valence-corrected chi connectivity index (χ2v) is 5.67. The molecule has 0 bridgehead atoms. The number of carbonyl (C=O) groups excluding carboxylic acids is 1. The Bertz CT molecular complexity index is 644. The van der Waals surface area contributed by atoms with Crippen molar-refractivity contribution in [2.75, 3.05) is 6.61 Å². The van der Waals surface area contributed by atoms with Crippen LogP contribution in [0.15, 0.2) is 42.5 Å². The topological polar surface area (TPSA) is 35.5 Å². The summed E-state index contributed by atoms with van der Waals surface area (Å²) in [6, 6.07) is 12.8. The number of esters is 1. The third kappa shape index (κ3) is 4.85. The van der Waals surface area contributed by atoms with E-state index in [0.717, 1.165) is 23.3 Å². The highest BCUT2D eigenvalue weighted by atomic mass is 16.5. The van der Waals surface area contributed by atoms with Gasteiger partial charge in [-0.1, -0.05) is 31.9 Å². The van der Waals surface area contributed by atoms with Crippen molar-refractivity contribution >= 4 is 5.97 Å². The van der Waals surface area contributed by atoms with Crippen LogP contribution in [0.5, 0.6) is 11.5 Å². The van der Waals surface area contributed by atoms with E-state index in [0.29, 0.717) is 17.9 Å². The van der Waals surface area contributed by atoms with Gasteiger partial charge in [-0.05, 0) is 61.7 Å². The maximum Gasteiger partial charge on any atom is 0.343 e. The number of ether oxygens (including phenoxy) is 2. The van der Waals surface area contributed by atoms with Gasteiger partial charge in [-0.2, -0.15) is 0 Å². The second kappa shape index (κ2) is 8.37. The summed E-state index contributed by atoms with van der Waals surface area (Å²) >= 11 is 0. The predicted molar refractivity (Wildman–Crippen MR) is 92.3 cm³/mol. The number of carbonyl (C=O) groups is 1. The van der Waals surface area contributed by atoms with E-state index in [9.17, 15) is 4.79 Å². The molecule has 0 aliphatic carbocycles. The lowest BCUT2D eigenvalue weighted by Gasteiger charge is -2.10. The van der Waals surface area contributed by atoms with Gasteiger partial charge in [-0.3, -0.25) is 0 Å². The van der Waals surface area contributed by atoms with Gasteiger partial charge in [0.25, 0.3) is 0 Å². The number of rotatable bonds is 7. The van der Waals surface area contributed by atoms with Crippen LogP contribution >= 0.6 is 0 Å². The highest BCUT2D eigenvalue weighted by Crippen LogP contribution is 2.22. The maximum atomic E-state index is 12.2. The minimum Gasteiger partial charge on any atom is -0.494 e. The van der Waals surface area contributed by atoms with E-state index in [-0.39, 0.29) is 5.97 Å². The van der Waals surface area contributed by atoms with Gasteiger partial charge in [0.2, 0.25) is 0 Å². The Morgan fingerprint density at radius 2 is 1.74 bits per heavy atom. The van der Waals surface area contributed by atoms with Crippen LogP contribution in [0.4, 0.5) is 0 Å². The molecule has 0 amide bonds. The van der Waals surface area contributed by atoms with Crippen molar-refractivity contribution in [3.05, 3.63) is 59.2 Å². The molecule has 0 radical (unpaired) electrons. The second-order valence-electron chi connectivity index (χ2n) is 5.67. The zero-order chi connectivity index (χ0) is 16.7. The van der Waals surface area contributed by atoms with Gasteiger partial charge in [-0.15, -0.1) is 0 Å². The minimum atomic E-state index is -0.351. The zero-order valence-electron chi connectivity index (χ0n) is 14.1. The first-order chi connectivity index (χ1) is 11.1. The summed E-state index contributed by atoms with van der Waals surface area (Å²) in [5.41, 5.74) is 2.61. The molecule has 0 spiro atoms. The van der Waals surface area contributed by atoms with Crippen LogP contribution in [0.1, 0.15) is 47.7 Å². The molecule has 0 unspecified atom stereocenters. The smallest absolute Gasteiger partial charge is 0.343 e. The summed E-state index contributed by atoms with van der Waals surface area (Å²) < 4.78 is 11.1. The van der Waals surface area contributed by atoms with Crippen LogP contribution in [0.2, 0.25) is 0 Å². The van der Waals surface area contributed by atoms with Crippen LogP contribution in [0, 0.1) is 13.8 Å². The highest BCUT2D eigenvalue weighted by molar-refractivity contribution is 5.91. The quantitative estimate of drug-likeness (QED) is 0.406. The molecule has 0 fully saturated rings. The molecule has 2 aromatic rings. The van der Waals surface area contributed by atoms with E-state index in [1.165, 1.54) is 12.8 Å². The molecular formula is C20H24O3. The monoisotopic (exact) mass is 312 g/mol. The van der Waals surface area contributed by atoms with Crippen LogP contribution in [-0.2, 0) is 0 Å². The average molecular weight is 312 g/mol. The van der Waals surface area contributed by atoms with Crippen molar-refractivity contribution < 1.29 is 14.3 Å². The molecule has 23 heavy (non-hydrogen) atoms. The SMILES string of the molecule is CCCCCOc1ccc(C(=O)Oc2cccc(C)c2C)cc1. The largest absolute Gasteiger partial charge is 0.494 e. The predicted octanol–water partition coefficient (Wildman–Crippen LogP) is 5.09. The Morgan fingerprint density at radius 3 is 2.43 bits per heavy atom. The lowest BCUT2D eigenvalue weighted by Crippen LogP contribution is -2.09. The highest BCUT2D eigenvalue weighted by Gasteiger charge is 2.11. The van der Waals surface area contributed by atoms with E-state index < -0.39 is 0 Å². The zero-order valence-corrected chi connectivity index (χ0v) is 14.1. The number of aryl methyl sites for hydroxylation is 1. The van der Waals surface area contributed by atoms with Crippen molar-refractivity contribution in [1.29, 1.82) is 0 Å². The van der Waals surface area contributed by atoms with Crippen LogP contribution in [0.25, 0.3) is 0 Å². The van der Waals surface area contributed by atoms with Crippen LogP contribution in [0.3, 0.4) is 0 Å². The summed E-state index contributed by atoms with van der Waals surface area (Å²) in [6.45, 7) is 6.82. The molecule has 0 aliphatic rings. The van der Waals surface area contributed by atoms with E-state index in [4.69, 9.17) is 9.47 Å². The van der Waals surface area contributed by atoms with E-state index in [2.05, 4.69) is 6.92 Å². The Hall–Kier alpha value is -2.29. The van der Waals surface area contributed by atoms with Crippen molar-refractivity contribution in [2.24, 2.45) is 0 Å². The third-order valence-electron chi connectivity index (χ3n) is 3.86. The van der Waals surface area contributed by atoms with Gasteiger partial charge >= 0.3 is 5.97 Å². The molecule has 0 saturated heterocycles. The summed E-state index contributed by atoms with van der Waals surface area (Å²) in [6.07, 6.45) is 3.39. The van der Waals surface area contributed by atoms with Gasteiger partial charge in [0, 0.05) is 0 Å². The Morgan fingerprint density at radius 1 is 1.00 bits per heavy atom. The van der Waals surface area contributed by atoms with Crippen LogP contribution < -0.4 is 9.47 Å². The molecule has 2 aromatic carbocycles. The normalized spacial score (nSPS) is 10.4. The fourth-order valence-electron chi connectivity index (χ4n) is 2.22.